The lowest BCUT2D eigenvalue weighted by molar-refractivity contribution is 0.299. The molecule has 2 rings (SSSR count). The summed E-state index contributed by atoms with van der Waals surface area (Å²) in [5, 5.41) is 10.8. The van der Waals surface area contributed by atoms with Crippen LogP contribution in [0.4, 0.5) is 0 Å². The molecule has 0 aliphatic heterocycles. The van der Waals surface area contributed by atoms with E-state index < -0.39 is 10.0 Å². The molecular weight excluding hydrogens is 306 g/mol. The van der Waals surface area contributed by atoms with Crippen LogP contribution < -0.4 is 4.72 Å². The molecule has 2 aromatic rings. The highest BCUT2D eigenvalue weighted by molar-refractivity contribution is 7.89. The van der Waals surface area contributed by atoms with E-state index in [2.05, 4.69) is 11.6 Å². The molecule has 0 bridgehead atoms. The number of aliphatic hydroxyl groups is 1. The van der Waals surface area contributed by atoms with Crippen molar-refractivity contribution in [3.8, 4) is 0 Å². The van der Waals surface area contributed by atoms with Gasteiger partial charge in [0.2, 0.25) is 10.0 Å². The standard InChI is InChI=1S/C15H19NO3S2/c1-2-13-8-10-20-15(13)11-16-21(18,19)14-5-3-12(4-6-14)7-9-17/h3-6,8,10,16-17H,2,7,9,11H2,1H3. The molecule has 0 radical (unpaired) electrons. The second-order valence-electron chi connectivity index (χ2n) is 4.66. The minimum Gasteiger partial charge on any atom is -0.396 e. The molecule has 2 N–H and O–H groups in total. The van der Waals surface area contributed by atoms with Gasteiger partial charge in [0.25, 0.3) is 0 Å². The summed E-state index contributed by atoms with van der Waals surface area (Å²) in [6.45, 7) is 2.43. The van der Waals surface area contributed by atoms with E-state index >= 15 is 0 Å². The topological polar surface area (TPSA) is 66.4 Å². The van der Waals surface area contributed by atoms with E-state index in [-0.39, 0.29) is 11.5 Å². The van der Waals surface area contributed by atoms with E-state index in [0.717, 1.165) is 16.9 Å². The summed E-state index contributed by atoms with van der Waals surface area (Å²) in [7, 11) is -3.50. The fourth-order valence-corrected chi connectivity index (χ4v) is 4.05. The van der Waals surface area contributed by atoms with Crippen molar-refractivity contribution in [2.75, 3.05) is 6.61 Å². The molecule has 0 spiro atoms. The quantitative estimate of drug-likeness (QED) is 0.821. The summed E-state index contributed by atoms with van der Waals surface area (Å²) in [6, 6.07) is 8.63. The molecule has 0 saturated heterocycles. The predicted octanol–water partition coefficient (Wildman–Crippen LogP) is 2.32. The van der Waals surface area contributed by atoms with E-state index in [9.17, 15) is 8.42 Å². The molecule has 0 fully saturated rings. The van der Waals surface area contributed by atoms with Crippen molar-refractivity contribution in [2.45, 2.75) is 31.2 Å². The Kier molecular flexibility index (Phi) is 5.52. The van der Waals surface area contributed by atoms with Crippen LogP contribution in [0.1, 0.15) is 22.9 Å². The van der Waals surface area contributed by atoms with Gasteiger partial charge in [0.1, 0.15) is 0 Å². The monoisotopic (exact) mass is 325 g/mol. The Hall–Kier alpha value is -1.21. The third-order valence-corrected chi connectivity index (χ3v) is 5.66. The normalized spacial score (nSPS) is 11.7. The molecule has 6 heteroatoms. The highest BCUT2D eigenvalue weighted by Crippen LogP contribution is 2.18. The van der Waals surface area contributed by atoms with Crippen LogP contribution in [-0.4, -0.2) is 20.1 Å². The third-order valence-electron chi connectivity index (χ3n) is 3.28. The number of nitrogens with one attached hydrogen (secondary N) is 1. The first-order chi connectivity index (χ1) is 10.1. The number of hydrogen-bond donors (Lipinski definition) is 2. The predicted molar refractivity (Wildman–Crippen MR) is 85.0 cm³/mol. The molecule has 0 aliphatic rings. The van der Waals surface area contributed by atoms with E-state index in [1.165, 1.54) is 5.56 Å². The smallest absolute Gasteiger partial charge is 0.240 e. The SMILES string of the molecule is CCc1ccsc1CNS(=O)(=O)c1ccc(CCO)cc1. The lowest BCUT2D eigenvalue weighted by atomic mass is 10.2. The molecule has 0 unspecified atom stereocenters. The number of benzene rings is 1. The van der Waals surface area contributed by atoms with Crippen molar-refractivity contribution in [3.63, 3.8) is 0 Å². The number of aryl methyl sites for hydroxylation is 1. The number of hydrogen-bond acceptors (Lipinski definition) is 4. The van der Waals surface area contributed by atoms with E-state index in [1.807, 2.05) is 11.4 Å². The summed E-state index contributed by atoms with van der Waals surface area (Å²) >= 11 is 1.56. The number of thiophene rings is 1. The average Bonchev–Trinajstić information content (AvgIpc) is 2.94. The highest BCUT2D eigenvalue weighted by Gasteiger charge is 2.14. The fraction of sp³-hybridized carbons (Fsp3) is 0.333. The molecule has 114 valence electrons. The van der Waals surface area contributed by atoms with E-state index in [4.69, 9.17) is 5.11 Å². The van der Waals surface area contributed by atoms with Gasteiger partial charge in [-0.15, -0.1) is 11.3 Å². The number of aliphatic hydroxyl groups excluding tert-OH is 1. The molecule has 4 nitrogen and oxygen atoms in total. The van der Waals surface area contributed by atoms with Gasteiger partial charge in [-0.05, 0) is 47.5 Å². The van der Waals surface area contributed by atoms with Gasteiger partial charge >= 0.3 is 0 Å². The zero-order valence-electron chi connectivity index (χ0n) is 11.9. The molecule has 21 heavy (non-hydrogen) atoms. The van der Waals surface area contributed by atoms with Gasteiger partial charge in [-0.25, -0.2) is 13.1 Å². The maximum atomic E-state index is 12.2. The maximum Gasteiger partial charge on any atom is 0.240 e. The van der Waals surface area contributed by atoms with Gasteiger partial charge in [0, 0.05) is 18.0 Å². The van der Waals surface area contributed by atoms with Crippen LogP contribution in [0.15, 0.2) is 40.6 Å². The van der Waals surface area contributed by atoms with E-state index in [0.29, 0.717) is 13.0 Å². The van der Waals surface area contributed by atoms with Crippen molar-refractivity contribution in [1.29, 1.82) is 0 Å². The van der Waals surface area contributed by atoms with Crippen LogP contribution in [0.3, 0.4) is 0 Å². The van der Waals surface area contributed by atoms with E-state index in [1.54, 1.807) is 35.6 Å². The third kappa shape index (κ3) is 4.14. The Balaban J connectivity index is 2.07. The minimum absolute atomic E-state index is 0.0581. The molecule has 1 aromatic carbocycles. The fourth-order valence-electron chi connectivity index (χ4n) is 2.05. The lowest BCUT2D eigenvalue weighted by Gasteiger charge is -2.08. The Labute approximate surface area is 129 Å². The summed E-state index contributed by atoms with van der Waals surface area (Å²) in [5.74, 6) is 0. The van der Waals surface area contributed by atoms with Crippen LogP contribution in [0.5, 0.6) is 0 Å². The second-order valence-corrected chi connectivity index (χ2v) is 7.43. The maximum absolute atomic E-state index is 12.2. The van der Waals surface area contributed by atoms with Gasteiger partial charge in [0.05, 0.1) is 4.90 Å². The van der Waals surface area contributed by atoms with Crippen LogP contribution in [0.2, 0.25) is 0 Å². The van der Waals surface area contributed by atoms with Gasteiger partial charge < -0.3 is 5.11 Å². The minimum atomic E-state index is -3.50. The Morgan fingerprint density at radius 2 is 1.90 bits per heavy atom. The van der Waals surface area contributed by atoms with Crippen molar-refractivity contribution in [3.05, 3.63) is 51.7 Å². The van der Waals surface area contributed by atoms with Crippen LogP contribution in [0.25, 0.3) is 0 Å². The Morgan fingerprint density at radius 1 is 1.19 bits per heavy atom. The molecule has 1 aromatic heterocycles. The zero-order valence-corrected chi connectivity index (χ0v) is 13.5. The average molecular weight is 325 g/mol. The zero-order chi connectivity index (χ0) is 15.3. The molecule has 0 atom stereocenters. The van der Waals surface area contributed by atoms with Crippen LogP contribution >= 0.6 is 11.3 Å². The van der Waals surface area contributed by atoms with Crippen LogP contribution in [0, 0.1) is 0 Å². The summed E-state index contributed by atoms with van der Waals surface area (Å²) < 4.78 is 27.1. The van der Waals surface area contributed by atoms with Gasteiger partial charge in [-0.2, -0.15) is 0 Å². The van der Waals surface area contributed by atoms with Gasteiger partial charge in [-0.1, -0.05) is 19.1 Å². The van der Waals surface area contributed by atoms with Crippen molar-refractivity contribution >= 4 is 21.4 Å². The summed E-state index contributed by atoms with van der Waals surface area (Å²) in [5.41, 5.74) is 2.10. The molecular formula is C15H19NO3S2. The van der Waals surface area contributed by atoms with Crippen LogP contribution in [-0.2, 0) is 29.4 Å². The molecule has 0 saturated carbocycles. The van der Waals surface area contributed by atoms with Crippen molar-refractivity contribution in [1.82, 2.24) is 4.72 Å². The largest absolute Gasteiger partial charge is 0.396 e. The first-order valence-electron chi connectivity index (χ1n) is 6.81. The van der Waals surface area contributed by atoms with Gasteiger partial charge in [-0.3, -0.25) is 0 Å². The van der Waals surface area contributed by atoms with Crippen molar-refractivity contribution in [2.24, 2.45) is 0 Å². The Morgan fingerprint density at radius 3 is 2.52 bits per heavy atom. The number of rotatable bonds is 7. The van der Waals surface area contributed by atoms with Crippen molar-refractivity contribution < 1.29 is 13.5 Å². The summed E-state index contributed by atoms with van der Waals surface area (Å²) in [4.78, 5) is 1.30. The first kappa shape index (κ1) is 16.2. The molecule has 0 amide bonds. The number of sulfonamides is 1. The Bertz CT molecular complexity index is 675. The second kappa shape index (κ2) is 7.17. The van der Waals surface area contributed by atoms with Gasteiger partial charge in [0.15, 0.2) is 0 Å². The summed E-state index contributed by atoms with van der Waals surface area (Å²) in [6.07, 6.45) is 1.43. The highest BCUT2D eigenvalue weighted by atomic mass is 32.2. The lowest BCUT2D eigenvalue weighted by Crippen LogP contribution is -2.23. The molecule has 0 aliphatic carbocycles. The first-order valence-corrected chi connectivity index (χ1v) is 9.18. The molecule has 1 heterocycles.